The first-order valence-corrected chi connectivity index (χ1v) is 6.46. The fourth-order valence-electron chi connectivity index (χ4n) is 1.91. The van der Waals surface area contributed by atoms with E-state index in [1.807, 2.05) is 6.92 Å². The van der Waals surface area contributed by atoms with Gasteiger partial charge in [0.05, 0.1) is 11.8 Å². The lowest BCUT2D eigenvalue weighted by atomic mass is 10.3. The summed E-state index contributed by atoms with van der Waals surface area (Å²) in [5.41, 5.74) is 1.04. The highest BCUT2D eigenvalue weighted by molar-refractivity contribution is 9.10. The zero-order valence-electron chi connectivity index (χ0n) is 9.74. The molecule has 2 rings (SSSR count). The molecule has 0 amide bonds. The monoisotopic (exact) mass is 284 g/mol. The van der Waals surface area contributed by atoms with Crippen molar-refractivity contribution in [1.29, 1.82) is 0 Å². The topological polar surface area (TPSA) is 25.4 Å². The van der Waals surface area contributed by atoms with Gasteiger partial charge in [-0.1, -0.05) is 0 Å². The van der Waals surface area contributed by atoms with E-state index in [1.54, 1.807) is 0 Å². The van der Waals surface area contributed by atoms with Gasteiger partial charge in [0.15, 0.2) is 0 Å². The zero-order valence-corrected chi connectivity index (χ0v) is 11.3. The number of aryl methyl sites for hydroxylation is 1. The molecule has 3 nitrogen and oxygen atoms in total. The van der Waals surface area contributed by atoms with E-state index in [4.69, 9.17) is 4.74 Å². The molecule has 0 aliphatic carbocycles. The Kier molecular flexibility index (Phi) is 3.82. The summed E-state index contributed by atoms with van der Waals surface area (Å²) < 4.78 is 6.69. The van der Waals surface area contributed by atoms with Gasteiger partial charge in [-0.05, 0) is 48.3 Å². The molecule has 1 aromatic rings. The van der Waals surface area contributed by atoms with Gasteiger partial charge in [-0.15, -0.1) is 0 Å². The largest absolute Gasteiger partial charge is 0.377 e. The highest BCUT2D eigenvalue weighted by Crippen LogP contribution is 2.20. The van der Waals surface area contributed by atoms with E-state index in [-0.39, 0.29) is 6.10 Å². The van der Waals surface area contributed by atoms with Crippen molar-refractivity contribution in [2.45, 2.75) is 26.4 Å². The molecule has 1 fully saturated rings. The predicted octanol–water partition coefficient (Wildman–Crippen LogP) is 2.77. The molecule has 2 heterocycles. The second-order valence-corrected chi connectivity index (χ2v) is 5.07. The van der Waals surface area contributed by atoms with Crippen LogP contribution in [0.2, 0.25) is 0 Å². The molecule has 0 saturated carbocycles. The molecule has 0 bridgehead atoms. The molecule has 1 saturated heterocycles. The van der Waals surface area contributed by atoms with Crippen LogP contribution in [-0.4, -0.2) is 30.8 Å². The molecule has 1 aromatic heterocycles. The van der Waals surface area contributed by atoms with Crippen molar-refractivity contribution in [3.8, 4) is 0 Å². The minimum atomic E-state index is 0.285. The first-order valence-electron chi connectivity index (χ1n) is 5.66. The summed E-state index contributed by atoms with van der Waals surface area (Å²) in [6.45, 7) is 6.94. The average molecular weight is 285 g/mol. The number of nitrogens with zero attached hydrogens (tertiary/aromatic N) is 2. The van der Waals surface area contributed by atoms with Crippen LogP contribution in [-0.2, 0) is 4.74 Å². The molecule has 0 aromatic carbocycles. The Balaban J connectivity index is 2.18. The van der Waals surface area contributed by atoms with E-state index in [0.29, 0.717) is 0 Å². The van der Waals surface area contributed by atoms with Crippen molar-refractivity contribution in [3.63, 3.8) is 0 Å². The summed E-state index contributed by atoms with van der Waals surface area (Å²) in [5, 5.41) is 0. The molecule has 88 valence electrons. The highest BCUT2D eigenvalue weighted by Gasteiger charge is 2.16. The predicted molar refractivity (Wildman–Crippen MR) is 68.9 cm³/mol. The molecule has 1 unspecified atom stereocenters. The summed E-state index contributed by atoms with van der Waals surface area (Å²) in [5.74, 6) is 1.05. The van der Waals surface area contributed by atoms with Crippen molar-refractivity contribution < 1.29 is 4.74 Å². The van der Waals surface area contributed by atoms with Crippen LogP contribution < -0.4 is 4.90 Å². The summed E-state index contributed by atoms with van der Waals surface area (Å²) >= 11 is 3.47. The number of aromatic nitrogens is 1. The van der Waals surface area contributed by atoms with E-state index in [1.165, 1.54) is 0 Å². The van der Waals surface area contributed by atoms with Gasteiger partial charge in [0.2, 0.25) is 0 Å². The summed E-state index contributed by atoms with van der Waals surface area (Å²) in [4.78, 5) is 6.90. The van der Waals surface area contributed by atoms with Crippen LogP contribution >= 0.6 is 15.9 Å². The van der Waals surface area contributed by atoms with Gasteiger partial charge in [0.1, 0.15) is 5.82 Å². The summed E-state index contributed by atoms with van der Waals surface area (Å²) in [6.07, 6.45) is 1.36. The SMILES string of the molecule is Cc1nc(N2CCCOC(C)C2)ccc1Br. The quantitative estimate of drug-likeness (QED) is 0.793. The van der Waals surface area contributed by atoms with Gasteiger partial charge in [-0.2, -0.15) is 0 Å². The third kappa shape index (κ3) is 2.74. The van der Waals surface area contributed by atoms with E-state index in [2.05, 4.69) is 44.9 Å². The van der Waals surface area contributed by atoms with Crippen molar-refractivity contribution >= 4 is 21.7 Å². The number of rotatable bonds is 1. The van der Waals surface area contributed by atoms with Crippen LogP contribution in [0.15, 0.2) is 16.6 Å². The highest BCUT2D eigenvalue weighted by atomic mass is 79.9. The molecule has 0 spiro atoms. The van der Waals surface area contributed by atoms with Crippen LogP contribution in [0.3, 0.4) is 0 Å². The Bertz CT molecular complexity index is 370. The minimum Gasteiger partial charge on any atom is -0.377 e. The lowest BCUT2D eigenvalue weighted by Gasteiger charge is -2.23. The second-order valence-electron chi connectivity index (χ2n) is 4.22. The molecule has 1 atom stereocenters. The van der Waals surface area contributed by atoms with Crippen LogP contribution in [0.25, 0.3) is 0 Å². The minimum absolute atomic E-state index is 0.285. The van der Waals surface area contributed by atoms with Gasteiger partial charge < -0.3 is 9.64 Å². The average Bonchev–Trinajstić information content (AvgIpc) is 2.47. The number of anilines is 1. The van der Waals surface area contributed by atoms with Crippen molar-refractivity contribution in [1.82, 2.24) is 4.98 Å². The maximum absolute atomic E-state index is 5.63. The van der Waals surface area contributed by atoms with Crippen molar-refractivity contribution in [2.75, 3.05) is 24.6 Å². The fraction of sp³-hybridized carbons (Fsp3) is 0.583. The lowest BCUT2D eigenvalue weighted by molar-refractivity contribution is 0.0820. The zero-order chi connectivity index (χ0) is 11.5. The van der Waals surface area contributed by atoms with Crippen molar-refractivity contribution in [2.24, 2.45) is 0 Å². The fourth-order valence-corrected chi connectivity index (χ4v) is 2.13. The third-order valence-electron chi connectivity index (χ3n) is 2.78. The standard InChI is InChI=1S/C12H17BrN2O/c1-9-8-15(6-3-7-16-9)12-5-4-11(13)10(2)14-12/h4-5,9H,3,6-8H2,1-2H3. The van der Waals surface area contributed by atoms with Gasteiger partial charge >= 0.3 is 0 Å². The first kappa shape index (κ1) is 11.9. The van der Waals surface area contributed by atoms with Gasteiger partial charge in [-0.25, -0.2) is 4.98 Å². The first-order chi connectivity index (χ1) is 7.66. The molecule has 1 aliphatic rings. The Morgan fingerprint density at radius 1 is 1.50 bits per heavy atom. The van der Waals surface area contributed by atoms with Crippen LogP contribution in [0, 0.1) is 6.92 Å². The van der Waals surface area contributed by atoms with Crippen LogP contribution in [0.4, 0.5) is 5.82 Å². The molecule has 4 heteroatoms. The maximum Gasteiger partial charge on any atom is 0.128 e. The Hall–Kier alpha value is -0.610. The lowest BCUT2D eigenvalue weighted by Crippen LogP contribution is -2.30. The normalized spacial score (nSPS) is 21.9. The number of pyridine rings is 1. The molecular formula is C12H17BrN2O. The Morgan fingerprint density at radius 3 is 3.06 bits per heavy atom. The summed E-state index contributed by atoms with van der Waals surface area (Å²) in [6, 6.07) is 4.13. The van der Waals surface area contributed by atoms with Crippen LogP contribution in [0.1, 0.15) is 19.0 Å². The van der Waals surface area contributed by atoms with E-state index >= 15 is 0 Å². The molecule has 0 radical (unpaired) electrons. The molecule has 1 aliphatic heterocycles. The molecular weight excluding hydrogens is 268 g/mol. The Morgan fingerprint density at radius 2 is 2.31 bits per heavy atom. The number of hydrogen-bond donors (Lipinski definition) is 0. The Labute approximate surface area is 105 Å². The number of ether oxygens (including phenoxy) is 1. The molecule has 16 heavy (non-hydrogen) atoms. The second kappa shape index (κ2) is 5.15. The van der Waals surface area contributed by atoms with E-state index < -0.39 is 0 Å². The molecule has 0 N–H and O–H groups in total. The number of halogens is 1. The van der Waals surface area contributed by atoms with Gasteiger partial charge in [-0.3, -0.25) is 0 Å². The van der Waals surface area contributed by atoms with E-state index in [9.17, 15) is 0 Å². The van der Waals surface area contributed by atoms with Crippen LogP contribution in [0.5, 0.6) is 0 Å². The summed E-state index contributed by atoms with van der Waals surface area (Å²) in [7, 11) is 0. The smallest absolute Gasteiger partial charge is 0.128 e. The maximum atomic E-state index is 5.63. The third-order valence-corrected chi connectivity index (χ3v) is 3.62. The van der Waals surface area contributed by atoms with E-state index in [0.717, 1.165) is 42.1 Å². The van der Waals surface area contributed by atoms with Gasteiger partial charge in [0.25, 0.3) is 0 Å². The number of hydrogen-bond acceptors (Lipinski definition) is 3. The van der Waals surface area contributed by atoms with Gasteiger partial charge in [0, 0.05) is 24.2 Å². The van der Waals surface area contributed by atoms with Crippen molar-refractivity contribution in [3.05, 3.63) is 22.3 Å².